The van der Waals surface area contributed by atoms with E-state index in [-0.39, 0.29) is 17.8 Å². The lowest BCUT2D eigenvalue weighted by atomic mass is 9.90. The van der Waals surface area contributed by atoms with Crippen LogP contribution in [0.25, 0.3) is 5.65 Å². The Hall–Kier alpha value is -3.15. The Morgan fingerprint density at radius 1 is 1.14 bits per heavy atom. The molecule has 3 aromatic rings. The molecule has 6 heteroatoms. The zero-order valence-electron chi connectivity index (χ0n) is 16.1. The van der Waals surface area contributed by atoms with Crippen molar-refractivity contribution in [1.82, 2.24) is 14.3 Å². The summed E-state index contributed by atoms with van der Waals surface area (Å²) in [6.07, 6.45) is 3.89. The number of rotatable bonds is 3. The smallest absolute Gasteiger partial charge is 0.337 e. The molecule has 0 saturated carbocycles. The lowest BCUT2D eigenvalue weighted by Gasteiger charge is -2.32. The summed E-state index contributed by atoms with van der Waals surface area (Å²) in [5.41, 5.74) is 3.85. The average Bonchev–Trinajstić information content (AvgIpc) is 3.09. The minimum Gasteiger partial charge on any atom is -0.465 e. The quantitative estimate of drug-likeness (QED) is 0.656. The first-order valence-corrected chi connectivity index (χ1v) is 9.49. The van der Waals surface area contributed by atoms with Crippen LogP contribution >= 0.6 is 0 Å². The number of carbonyl (C=O) groups is 2. The number of fused-ring (bicyclic) bond motifs is 1. The number of imidazole rings is 1. The van der Waals surface area contributed by atoms with Gasteiger partial charge in [0.05, 0.1) is 18.4 Å². The van der Waals surface area contributed by atoms with Crippen molar-refractivity contribution in [3.8, 4) is 0 Å². The lowest BCUT2D eigenvalue weighted by molar-refractivity contribution is 0.0600. The van der Waals surface area contributed by atoms with Crippen molar-refractivity contribution < 1.29 is 14.3 Å². The third kappa shape index (κ3) is 3.26. The molecule has 2 aromatic heterocycles. The van der Waals surface area contributed by atoms with E-state index in [9.17, 15) is 9.59 Å². The number of piperidine rings is 1. The van der Waals surface area contributed by atoms with Crippen LogP contribution in [0.2, 0.25) is 0 Å². The number of hydrogen-bond acceptors (Lipinski definition) is 4. The fraction of sp³-hybridized carbons (Fsp3) is 0.318. The highest BCUT2D eigenvalue weighted by molar-refractivity contribution is 5.94. The number of aryl methyl sites for hydroxylation is 1. The molecule has 4 rings (SSSR count). The van der Waals surface area contributed by atoms with Gasteiger partial charge >= 0.3 is 5.97 Å². The van der Waals surface area contributed by atoms with Crippen molar-refractivity contribution in [2.24, 2.45) is 0 Å². The SMILES string of the molecule is COC(=O)c1ccc(C2CCCN(C(=O)c3nc4ccccn4c3C)C2)cc1. The van der Waals surface area contributed by atoms with Gasteiger partial charge in [0.1, 0.15) is 11.3 Å². The molecular weight excluding hydrogens is 354 g/mol. The number of benzene rings is 1. The number of ether oxygens (including phenoxy) is 1. The Morgan fingerprint density at radius 2 is 1.93 bits per heavy atom. The molecule has 28 heavy (non-hydrogen) atoms. The zero-order chi connectivity index (χ0) is 19.7. The Morgan fingerprint density at radius 3 is 2.64 bits per heavy atom. The standard InChI is InChI=1S/C22H23N3O3/c1-15-20(23-19-7-3-4-13-25(15)19)21(26)24-12-5-6-18(14-24)16-8-10-17(11-9-16)22(27)28-2/h3-4,7-11,13,18H,5-6,12,14H2,1-2H3. The third-order valence-electron chi connectivity index (χ3n) is 5.48. The molecule has 1 aromatic carbocycles. The van der Waals surface area contributed by atoms with E-state index in [0.29, 0.717) is 17.8 Å². The molecule has 144 valence electrons. The second kappa shape index (κ2) is 7.46. The molecule has 1 saturated heterocycles. The van der Waals surface area contributed by atoms with Crippen molar-refractivity contribution in [1.29, 1.82) is 0 Å². The molecule has 1 amide bonds. The van der Waals surface area contributed by atoms with E-state index in [4.69, 9.17) is 4.74 Å². The van der Waals surface area contributed by atoms with Gasteiger partial charge in [0.25, 0.3) is 5.91 Å². The van der Waals surface area contributed by atoms with Crippen LogP contribution in [0.5, 0.6) is 0 Å². The number of hydrogen-bond donors (Lipinski definition) is 0. The molecule has 1 aliphatic heterocycles. The number of pyridine rings is 1. The Kier molecular flexibility index (Phi) is 4.86. The average molecular weight is 377 g/mol. The topological polar surface area (TPSA) is 63.9 Å². The van der Waals surface area contributed by atoms with E-state index in [1.165, 1.54) is 7.11 Å². The Labute approximate surface area is 163 Å². The Bertz CT molecular complexity index is 1020. The van der Waals surface area contributed by atoms with E-state index >= 15 is 0 Å². The molecular formula is C22H23N3O3. The van der Waals surface area contributed by atoms with Gasteiger partial charge in [0.2, 0.25) is 0 Å². The fourth-order valence-electron chi connectivity index (χ4n) is 3.91. The number of nitrogens with zero attached hydrogens (tertiary/aromatic N) is 3. The number of likely N-dealkylation sites (tertiary alicyclic amines) is 1. The highest BCUT2D eigenvalue weighted by atomic mass is 16.5. The molecule has 0 aliphatic carbocycles. The van der Waals surface area contributed by atoms with Gasteiger partial charge < -0.3 is 14.0 Å². The highest BCUT2D eigenvalue weighted by Crippen LogP contribution is 2.28. The summed E-state index contributed by atoms with van der Waals surface area (Å²) in [4.78, 5) is 31.2. The van der Waals surface area contributed by atoms with E-state index in [0.717, 1.165) is 36.3 Å². The second-order valence-electron chi connectivity index (χ2n) is 7.18. The molecule has 0 N–H and O–H groups in total. The summed E-state index contributed by atoms with van der Waals surface area (Å²) in [6.45, 7) is 3.33. The predicted octanol–water partition coefficient (Wildman–Crippen LogP) is 3.45. The van der Waals surface area contributed by atoms with Gasteiger partial charge in [-0.25, -0.2) is 9.78 Å². The zero-order valence-corrected chi connectivity index (χ0v) is 16.1. The molecule has 6 nitrogen and oxygen atoms in total. The van der Waals surface area contributed by atoms with Crippen LogP contribution in [0.4, 0.5) is 0 Å². The molecule has 0 spiro atoms. The maximum atomic E-state index is 13.1. The van der Waals surface area contributed by atoms with E-state index < -0.39 is 0 Å². The van der Waals surface area contributed by atoms with Crippen LogP contribution in [0.15, 0.2) is 48.7 Å². The second-order valence-corrected chi connectivity index (χ2v) is 7.18. The molecule has 1 fully saturated rings. The first-order valence-electron chi connectivity index (χ1n) is 9.49. The molecule has 1 aliphatic rings. The van der Waals surface area contributed by atoms with Gasteiger partial charge in [-0.15, -0.1) is 0 Å². The number of aromatic nitrogens is 2. The largest absolute Gasteiger partial charge is 0.465 e. The lowest BCUT2D eigenvalue weighted by Crippen LogP contribution is -2.39. The first-order chi connectivity index (χ1) is 13.6. The highest BCUT2D eigenvalue weighted by Gasteiger charge is 2.28. The van der Waals surface area contributed by atoms with Crippen molar-refractivity contribution in [3.05, 3.63) is 71.2 Å². The third-order valence-corrected chi connectivity index (χ3v) is 5.48. The molecule has 1 unspecified atom stereocenters. The van der Waals surface area contributed by atoms with Crippen LogP contribution in [0.1, 0.15) is 50.9 Å². The van der Waals surface area contributed by atoms with Gasteiger partial charge in [-0.2, -0.15) is 0 Å². The van der Waals surface area contributed by atoms with Crippen LogP contribution < -0.4 is 0 Å². The number of methoxy groups -OCH3 is 1. The normalized spacial score (nSPS) is 16.9. The van der Waals surface area contributed by atoms with Crippen molar-refractivity contribution in [2.45, 2.75) is 25.7 Å². The van der Waals surface area contributed by atoms with Crippen molar-refractivity contribution in [3.63, 3.8) is 0 Å². The summed E-state index contributed by atoms with van der Waals surface area (Å²) in [5.74, 6) is -0.104. The summed E-state index contributed by atoms with van der Waals surface area (Å²) < 4.78 is 6.70. The Balaban J connectivity index is 1.54. The molecule has 3 heterocycles. The van der Waals surface area contributed by atoms with E-state index in [1.54, 1.807) is 12.1 Å². The van der Waals surface area contributed by atoms with E-state index in [1.807, 2.05) is 52.8 Å². The summed E-state index contributed by atoms with van der Waals surface area (Å²) >= 11 is 0. The van der Waals surface area contributed by atoms with Crippen molar-refractivity contribution in [2.75, 3.05) is 20.2 Å². The maximum absolute atomic E-state index is 13.1. The van der Waals surface area contributed by atoms with Crippen LogP contribution in [-0.4, -0.2) is 46.4 Å². The minimum atomic E-state index is -0.339. The number of amides is 1. The maximum Gasteiger partial charge on any atom is 0.337 e. The van der Waals surface area contributed by atoms with Gasteiger partial charge in [-0.3, -0.25) is 4.79 Å². The fourth-order valence-corrected chi connectivity index (χ4v) is 3.91. The first kappa shape index (κ1) is 18.2. The molecule has 1 atom stereocenters. The molecule has 0 radical (unpaired) electrons. The van der Waals surface area contributed by atoms with Crippen LogP contribution in [0, 0.1) is 6.92 Å². The summed E-state index contributed by atoms with van der Waals surface area (Å²) in [7, 11) is 1.38. The van der Waals surface area contributed by atoms with E-state index in [2.05, 4.69) is 4.98 Å². The van der Waals surface area contributed by atoms with Crippen LogP contribution in [0.3, 0.4) is 0 Å². The number of esters is 1. The van der Waals surface area contributed by atoms with Gasteiger partial charge in [-0.1, -0.05) is 18.2 Å². The summed E-state index contributed by atoms with van der Waals surface area (Å²) in [6, 6.07) is 13.3. The van der Waals surface area contributed by atoms with Gasteiger partial charge in [-0.05, 0) is 49.6 Å². The van der Waals surface area contributed by atoms with Gasteiger partial charge in [0, 0.05) is 25.2 Å². The summed E-state index contributed by atoms with van der Waals surface area (Å²) in [5, 5.41) is 0. The van der Waals surface area contributed by atoms with Gasteiger partial charge in [0.15, 0.2) is 0 Å². The minimum absolute atomic E-state index is 0.0166. The monoisotopic (exact) mass is 377 g/mol. The van der Waals surface area contributed by atoms with Crippen LogP contribution in [-0.2, 0) is 4.74 Å². The number of carbonyl (C=O) groups excluding carboxylic acids is 2. The van der Waals surface area contributed by atoms with Crippen molar-refractivity contribution >= 4 is 17.5 Å². The predicted molar refractivity (Wildman–Crippen MR) is 106 cm³/mol. The molecule has 0 bridgehead atoms.